The van der Waals surface area contributed by atoms with E-state index in [-0.39, 0.29) is 18.1 Å². The number of aromatic nitrogens is 2. The molecule has 1 aliphatic heterocycles. The molecule has 6 heteroatoms. The second-order valence-electron chi connectivity index (χ2n) is 6.88. The van der Waals surface area contributed by atoms with Gasteiger partial charge in [-0.3, -0.25) is 9.48 Å². The van der Waals surface area contributed by atoms with Gasteiger partial charge in [-0.2, -0.15) is 5.10 Å². The third kappa shape index (κ3) is 3.24. The van der Waals surface area contributed by atoms with E-state index in [1.165, 1.54) is 11.1 Å². The molecule has 2 aromatic rings. The van der Waals surface area contributed by atoms with Crippen LogP contribution in [0, 0.1) is 0 Å². The van der Waals surface area contributed by atoms with E-state index in [9.17, 15) is 4.79 Å². The summed E-state index contributed by atoms with van der Waals surface area (Å²) in [6.07, 6.45) is 9.59. The van der Waals surface area contributed by atoms with E-state index in [0.29, 0.717) is 24.5 Å². The Morgan fingerprint density at radius 3 is 3.08 bits per heavy atom. The number of rotatable bonds is 4. The lowest BCUT2D eigenvalue weighted by Crippen LogP contribution is -2.46. The Bertz CT molecular complexity index is 843. The second-order valence-corrected chi connectivity index (χ2v) is 6.88. The Morgan fingerprint density at radius 2 is 2.27 bits per heavy atom. The molecule has 0 spiro atoms. The molecule has 136 valence electrons. The lowest BCUT2D eigenvalue weighted by molar-refractivity contribution is 0.0621. The van der Waals surface area contributed by atoms with E-state index in [0.717, 1.165) is 12.8 Å². The van der Waals surface area contributed by atoms with Gasteiger partial charge in [0.1, 0.15) is 6.10 Å². The molecule has 1 amide bonds. The Kier molecular flexibility index (Phi) is 4.51. The predicted molar refractivity (Wildman–Crippen MR) is 98.1 cm³/mol. The van der Waals surface area contributed by atoms with Gasteiger partial charge in [-0.15, -0.1) is 0 Å². The first kappa shape index (κ1) is 16.8. The summed E-state index contributed by atoms with van der Waals surface area (Å²) >= 11 is 0. The fourth-order valence-electron chi connectivity index (χ4n) is 3.55. The van der Waals surface area contributed by atoms with Crippen molar-refractivity contribution in [3.8, 4) is 5.75 Å². The number of benzene rings is 1. The number of likely N-dealkylation sites (N-methyl/N-ethyl adjacent to an activating group) is 1. The number of carbonyl (C=O) groups is 1. The van der Waals surface area contributed by atoms with Crippen LogP contribution in [-0.2, 0) is 18.2 Å². The van der Waals surface area contributed by atoms with Crippen molar-refractivity contribution in [3.05, 3.63) is 53.4 Å². The van der Waals surface area contributed by atoms with Crippen molar-refractivity contribution in [1.29, 1.82) is 0 Å². The number of amides is 1. The lowest BCUT2D eigenvalue weighted by atomic mass is 9.95. The highest BCUT2D eigenvalue weighted by molar-refractivity contribution is 5.95. The zero-order chi connectivity index (χ0) is 18.1. The summed E-state index contributed by atoms with van der Waals surface area (Å²) in [5.41, 5.74) is 3.16. The minimum atomic E-state index is -0.200. The minimum absolute atomic E-state index is 0.00219. The van der Waals surface area contributed by atoms with Crippen molar-refractivity contribution in [1.82, 2.24) is 14.7 Å². The molecule has 0 bridgehead atoms. The zero-order valence-corrected chi connectivity index (χ0v) is 15.1. The Morgan fingerprint density at radius 1 is 1.38 bits per heavy atom. The zero-order valence-electron chi connectivity index (χ0n) is 15.1. The van der Waals surface area contributed by atoms with E-state index >= 15 is 0 Å². The van der Waals surface area contributed by atoms with Crippen LogP contribution in [-0.4, -0.2) is 53.0 Å². The normalized spacial score (nSPS) is 21.5. The monoisotopic (exact) mass is 353 g/mol. The number of allylic oxidation sites excluding steroid dienone is 1. The standard InChI is InChI=1S/C20H23N3O3/c1-22-11-17(10-21-22)26-19-13-25-12-18(19)23(2)20(24)16-8-7-14-5-3-4-6-15(14)9-16/h3,5,7-11,18-19H,4,6,12-13H2,1-2H3/t18-,19+/m0/s1. The summed E-state index contributed by atoms with van der Waals surface area (Å²) in [7, 11) is 3.66. The molecular weight excluding hydrogens is 330 g/mol. The number of fused-ring (bicyclic) bond motifs is 1. The predicted octanol–water partition coefficient (Wildman–Crippen LogP) is 2.30. The van der Waals surface area contributed by atoms with Crippen molar-refractivity contribution in [2.75, 3.05) is 20.3 Å². The Balaban J connectivity index is 1.49. The van der Waals surface area contributed by atoms with Crippen LogP contribution in [0.2, 0.25) is 0 Å². The smallest absolute Gasteiger partial charge is 0.254 e. The summed E-state index contributed by atoms with van der Waals surface area (Å²) in [5.74, 6) is 0.687. The summed E-state index contributed by atoms with van der Waals surface area (Å²) in [6.45, 7) is 0.938. The highest BCUT2D eigenvalue weighted by Gasteiger charge is 2.36. The summed E-state index contributed by atoms with van der Waals surface area (Å²) in [5, 5.41) is 4.12. The van der Waals surface area contributed by atoms with Gasteiger partial charge < -0.3 is 14.4 Å². The van der Waals surface area contributed by atoms with Crippen LogP contribution in [0.1, 0.15) is 27.9 Å². The van der Waals surface area contributed by atoms with E-state index in [2.05, 4.69) is 17.3 Å². The Labute approximate surface area is 153 Å². The van der Waals surface area contributed by atoms with E-state index in [1.807, 2.05) is 38.5 Å². The topological polar surface area (TPSA) is 56.6 Å². The maximum absolute atomic E-state index is 13.0. The first-order valence-electron chi connectivity index (χ1n) is 8.91. The molecule has 1 aromatic carbocycles. The quantitative estimate of drug-likeness (QED) is 0.846. The molecule has 2 aliphatic rings. The van der Waals surface area contributed by atoms with Gasteiger partial charge >= 0.3 is 0 Å². The molecule has 0 saturated carbocycles. The van der Waals surface area contributed by atoms with Gasteiger partial charge in [0.15, 0.2) is 5.75 Å². The maximum Gasteiger partial charge on any atom is 0.254 e. The molecule has 2 atom stereocenters. The SMILES string of the molecule is CN(C(=O)c1ccc2c(c1)CCC=C2)[C@H]1COC[C@H]1Oc1cnn(C)c1. The van der Waals surface area contributed by atoms with Crippen molar-refractivity contribution >= 4 is 12.0 Å². The summed E-state index contributed by atoms with van der Waals surface area (Å²) < 4.78 is 13.3. The maximum atomic E-state index is 13.0. The van der Waals surface area contributed by atoms with Crippen molar-refractivity contribution < 1.29 is 14.3 Å². The molecule has 0 radical (unpaired) electrons. The third-order valence-electron chi connectivity index (χ3n) is 5.05. The van der Waals surface area contributed by atoms with Crippen LogP contribution in [0.25, 0.3) is 6.08 Å². The number of aryl methyl sites for hydroxylation is 2. The molecule has 1 aliphatic carbocycles. The molecule has 2 heterocycles. The lowest BCUT2D eigenvalue weighted by Gasteiger charge is -2.28. The molecule has 1 fully saturated rings. The highest BCUT2D eigenvalue weighted by Crippen LogP contribution is 2.24. The number of ether oxygens (including phenoxy) is 2. The molecule has 6 nitrogen and oxygen atoms in total. The first-order valence-corrected chi connectivity index (χ1v) is 8.91. The van der Waals surface area contributed by atoms with Crippen LogP contribution in [0.4, 0.5) is 0 Å². The van der Waals surface area contributed by atoms with Gasteiger partial charge in [0.2, 0.25) is 0 Å². The first-order chi connectivity index (χ1) is 12.6. The summed E-state index contributed by atoms with van der Waals surface area (Å²) in [4.78, 5) is 14.7. The molecule has 26 heavy (non-hydrogen) atoms. The van der Waals surface area contributed by atoms with Crippen LogP contribution in [0.5, 0.6) is 5.75 Å². The van der Waals surface area contributed by atoms with Gasteiger partial charge in [-0.25, -0.2) is 0 Å². The second kappa shape index (κ2) is 6.96. The average molecular weight is 353 g/mol. The molecule has 1 aromatic heterocycles. The van der Waals surface area contributed by atoms with Crippen molar-refractivity contribution in [2.24, 2.45) is 7.05 Å². The largest absolute Gasteiger partial charge is 0.482 e. The van der Waals surface area contributed by atoms with Gasteiger partial charge in [0.25, 0.3) is 5.91 Å². The van der Waals surface area contributed by atoms with Crippen LogP contribution >= 0.6 is 0 Å². The van der Waals surface area contributed by atoms with Crippen molar-refractivity contribution in [3.63, 3.8) is 0 Å². The van der Waals surface area contributed by atoms with E-state index in [4.69, 9.17) is 9.47 Å². The molecule has 1 saturated heterocycles. The highest BCUT2D eigenvalue weighted by atomic mass is 16.5. The number of hydrogen-bond donors (Lipinski definition) is 0. The number of hydrogen-bond acceptors (Lipinski definition) is 4. The molecule has 4 rings (SSSR count). The fraction of sp³-hybridized carbons (Fsp3) is 0.400. The molecule has 0 unspecified atom stereocenters. The fourth-order valence-corrected chi connectivity index (χ4v) is 3.55. The molecular formula is C20H23N3O3. The van der Waals surface area contributed by atoms with Gasteiger partial charge in [-0.05, 0) is 36.1 Å². The number of nitrogens with zero attached hydrogens (tertiary/aromatic N) is 3. The van der Waals surface area contributed by atoms with Gasteiger partial charge in [0.05, 0.1) is 31.6 Å². The van der Waals surface area contributed by atoms with Crippen molar-refractivity contribution in [2.45, 2.75) is 25.0 Å². The molecule has 0 N–H and O–H groups in total. The van der Waals surface area contributed by atoms with Crippen LogP contribution in [0.15, 0.2) is 36.7 Å². The van der Waals surface area contributed by atoms with Crippen LogP contribution < -0.4 is 4.74 Å². The van der Waals surface area contributed by atoms with Crippen LogP contribution in [0.3, 0.4) is 0 Å². The van der Waals surface area contributed by atoms with E-state index in [1.54, 1.807) is 15.8 Å². The summed E-state index contributed by atoms with van der Waals surface area (Å²) in [6, 6.07) is 5.82. The van der Waals surface area contributed by atoms with Gasteiger partial charge in [0, 0.05) is 19.7 Å². The third-order valence-corrected chi connectivity index (χ3v) is 5.05. The van der Waals surface area contributed by atoms with E-state index < -0.39 is 0 Å². The average Bonchev–Trinajstić information content (AvgIpc) is 3.29. The Hall–Kier alpha value is -2.60. The number of carbonyl (C=O) groups excluding carboxylic acids is 1. The minimum Gasteiger partial charge on any atom is -0.482 e. The van der Waals surface area contributed by atoms with Gasteiger partial charge in [-0.1, -0.05) is 18.2 Å².